The molecule has 0 aromatic heterocycles. The summed E-state index contributed by atoms with van der Waals surface area (Å²) in [5, 5.41) is 0. The van der Waals surface area contributed by atoms with Gasteiger partial charge in [-0.25, -0.2) is 0 Å². The molecule has 0 saturated heterocycles. The summed E-state index contributed by atoms with van der Waals surface area (Å²) in [5.41, 5.74) is 0. The van der Waals surface area contributed by atoms with Gasteiger partial charge in [0.2, 0.25) is 11.8 Å². The SMILES string of the molecule is CCCN(CCC)C(=O)CCN(C(C)=O)C(C)CC. The van der Waals surface area contributed by atoms with Crippen LogP contribution in [0.4, 0.5) is 0 Å². The van der Waals surface area contributed by atoms with Gasteiger partial charge in [0, 0.05) is 39.0 Å². The predicted octanol–water partition coefficient (Wildman–Crippen LogP) is 2.67. The van der Waals surface area contributed by atoms with Crippen LogP contribution in [-0.4, -0.2) is 47.3 Å². The third kappa shape index (κ3) is 6.60. The van der Waals surface area contributed by atoms with Gasteiger partial charge in [0.1, 0.15) is 0 Å². The number of rotatable bonds is 9. The molecule has 2 amide bonds. The molecule has 0 aromatic rings. The van der Waals surface area contributed by atoms with Gasteiger partial charge in [-0.05, 0) is 26.2 Å². The van der Waals surface area contributed by atoms with Gasteiger partial charge in [-0.1, -0.05) is 20.8 Å². The van der Waals surface area contributed by atoms with Crippen molar-refractivity contribution in [3.05, 3.63) is 0 Å². The lowest BCUT2D eigenvalue weighted by molar-refractivity contribution is -0.134. The van der Waals surface area contributed by atoms with E-state index < -0.39 is 0 Å². The molecule has 1 unspecified atom stereocenters. The van der Waals surface area contributed by atoms with Crippen LogP contribution in [0.25, 0.3) is 0 Å². The average molecular weight is 270 g/mol. The number of hydrogen-bond acceptors (Lipinski definition) is 2. The molecule has 0 fully saturated rings. The zero-order valence-corrected chi connectivity index (χ0v) is 13.2. The monoisotopic (exact) mass is 270 g/mol. The molecule has 4 heteroatoms. The van der Waals surface area contributed by atoms with Crippen molar-refractivity contribution < 1.29 is 9.59 Å². The van der Waals surface area contributed by atoms with E-state index in [4.69, 9.17) is 0 Å². The summed E-state index contributed by atoms with van der Waals surface area (Å²) in [6.45, 7) is 12.0. The fraction of sp³-hybridized carbons (Fsp3) is 0.867. The Balaban J connectivity index is 4.40. The van der Waals surface area contributed by atoms with Crippen molar-refractivity contribution in [3.63, 3.8) is 0 Å². The van der Waals surface area contributed by atoms with Gasteiger partial charge >= 0.3 is 0 Å². The Morgan fingerprint density at radius 2 is 1.53 bits per heavy atom. The van der Waals surface area contributed by atoms with Crippen molar-refractivity contribution in [2.24, 2.45) is 0 Å². The van der Waals surface area contributed by atoms with Gasteiger partial charge in [0.05, 0.1) is 0 Å². The molecule has 4 nitrogen and oxygen atoms in total. The first-order valence-electron chi connectivity index (χ1n) is 7.52. The van der Waals surface area contributed by atoms with E-state index >= 15 is 0 Å². The number of carbonyl (C=O) groups excluding carboxylic acids is 2. The molecule has 19 heavy (non-hydrogen) atoms. The van der Waals surface area contributed by atoms with Crippen LogP contribution in [0.1, 0.15) is 60.3 Å². The predicted molar refractivity (Wildman–Crippen MR) is 78.9 cm³/mol. The summed E-state index contributed by atoms with van der Waals surface area (Å²) in [7, 11) is 0. The molecule has 112 valence electrons. The molecule has 0 aliphatic heterocycles. The van der Waals surface area contributed by atoms with Crippen LogP contribution in [-0.2, 0) is 9.59 Å². The molecule has 0 spiro atoms. The summed E-state index contributed by atoms with van der Waals surface area (Å²) in [4.78, 5) is 27.4. The number of hydrogen-bond donors (Lipinski definition) is 0. The molecule has 0 N–H and O–H groups in total. The Hall–Kier alpha value is -1.06. The lowest BCUT2D eigenvalue weighted by Crippen LogP contribution is -2.40. The quantitative estimate of drug-likeness (QED) is 0.646. The molecule has 0 bridgehead atoms. The molecule has 0 saturated carbocycles. The van der Waals surface area contributed by atoms with E-state index in [0.717, 1.165) is 32.4 Å². The third-order valence-electron chi connectivity index (χ3n) is 3.43. The van der Waals surface area contributed by atoms with E-state index in [1.54, 1.807) is 11.8 Å². The highest BCUT2D eigenvalue weighted by molar-refractivity contribution is 5.78. The van der Waals surface area contributed by atoms with Gasteiger partial charge in [-0.2, -0.15) is 0 Å². The first-order valence-corrected chi connectivity index (χ1v) is 7.52. The van der Waals surface area contributed by atoms with Crippen molar-refractivity contribution in [3.8, 4) is 0 Å². The van der Waals surface area contributed by atoms with Crippen molar-refractivity contribution in [1.82, 2.24) is 9.80 Å². The molecule has 1 atom stereocenters. The summed E-state index contributed by atoms with van der Waals surface area (Å²) < 4.78 is 0. The molecule has 0 radical (unpaired) electrons. The molecular weight excluding hydrogens is 240 g/mol. The summed E-state index contributed by atoms with van der Waals surface area (Å²) >= 11 is 0. The maximum Gasteiger partial charge on any atom is 0.224 e. The lowest BCUT2D eigenvalue weighted by atomic mass is 10.2. The highest BCUT2D eigenvalue weighted by Gasteiger charge is 2.18. The van der Waals surface area contributed by atoms with Crippen molar-refractivity contribution in [1.29, 1.82) is 0 Å². The van der Waals surface area contributed by atoms with Gasteiger partial charge in [0.15, 0.2) is 0 Å². The second-order valence-electron chi connectivity index (χ2n) is 5.10. The molecule has 0 rings (SSSR count). The smallest absolute Gasteiger partial charge is 0.224 e. The number of amides is 2. The zero-order chi connectivity index (χ0) is 14.8. The average Bonchev–Trinajstić information content (AvgIpc) is 2.37. The van der Waals surface area contributed by atoms with E-state index in [2.05, 4.69) is 20.8 Å². The summed E-state index contributed by atoms with van der Waals surface area (Å²) in [5.74, 6) is 0.220. The van der Waals surface area contributed by atoms with Crippen LogP contribution in [0.2, 0.25) is 0 Å². The van der Waals surface area contributed by atoms with Crippen LogP contribution in [0.5, 0.6) is 0 Å². The zero-order valence-electron chi connectivity index (χ0n) is 13.2. The first kappa shape index (κ1) is 17.9. The van der Waals surface area contributed by atoms with Crippen molar-refractivity contribution in [2.75, 3.05) is 19.6 Å². The van der Waals surface area contributed by atoms with Crippen LogP contribution < -0.4 is 0 Å². The molecule has 0 aromatic carbocycles. The minimum Gasteiger partial charge on any atom is -0.343 e. The van der Waals surface area contributed by atoms with Gasteiger partial charge < -0.3 is 9.80 Å². The molecule has 0 aliphatic rings. The Bertz CT molecular complexity index is 273. The van der Waals surface area contributed by atoms with Crippen molar-refractivity contribution >= 4 is 11.8 Å². The molecule has 0 heterocycles. The highest BCUT2D eigenvalue weighted by Crippen LogP contribution is 2.07. The standard InChI is InChI=1S/C15H30N2O2/c1-6-10-16(11-7-2)15(19)9-12-17(14(5)18)13(4)8-3/h13H,6-12H2,1-5H3. The largest absolute Gasteiger partial charge is 0.343 e. The third-order valence-corrected chi connectivity index (χ3v) is 3.43. The normalized spacial score (nSPS) is 12.1. The Morgan fingerprint density at radius 3 is 1.89 bits per heavy atom. The maximum absolute atomic E-state index is 12.1. The second kappa shape index (κ2) is 9.82. The maximum atomic E-state index is 12.1. The Labute approximate surface area is 118 Å². The van der Waals surface area contributed by atoms with Crippen LogP contribution >= 0.6 is 0 Å². The molecule has 0 aliphatic carbocycles. The van der Waals surface area contributed by atoms with Crippen LogP contribution in [0.3, 0.4) is 0 Å². The van der Waals surface area contributed by atoms with Gasteiger partial charge in [-0.15, -0.1) is 0 Å². The summed E-state index contributed by atoms with van der Waals surface area (Å²) in [6.07, 6.45) is 3.31. The minimum atomic E-state index is 0.0553. The topological polar surface area (TPSA) is 40.6 Å². The van der Waals surface area contributed by atoms with Gasteiger partial charge in [0.25, 0.3) is 0 Å². The second-order valence-corrected chi connectivity index (χ2v) is 5.10. The first-order chi connectivity index (χ1) is 8.97. The van der Waals surface area contributed by atoms with Crippen LogP contribution in [0, 0.1) is 0 Å². The number of carbonyl (C=O) groups is 2. The Kier molecular flexibility index (Phi) is 9.27. The molecular formula is C15H30N2O2. The van der Waals surface area contributed by atoms with E-state index in [9.17, 15) is 9.59 Å². The van der Waals surface area contributed by atoms with Crippen molar-refractivity contribution in [2.45, 2.75) is 66.3 Å². The van der Waals surface area contributed by atoms with E-state index in [0.29, 0.717) is 13.0 Å². The Morgan fingerprint density at radius 1 is 1.00 bits per heavy atom. The fourth-order valence-electron chi connectivity index (χ4n) is 2.18. The minimum absolute atomic E-state index is 0.0553. The lowest BCUT2D eigenvalue weighted by Gasteiger charge is -2.28. The fourth-order valence-corrected chi connectivity index (χ4v) is 2.18. The van der Waals surface area contributed by atoms with E-state index in [1.807, 2.05) is 11.8 Å². The van der Waals surface area contributed by atoms with Gasteiger partial charge in [-0.3, -0.25) is 9.59 Å². The van der Waals surface area contributed by atoms with E-state index in [-0.39, 0.29) is 17.9 Å². The van der Waals surface area contributed by atoms with E-state index in [1.165, 1.54) is 0 Å². The van der Waals surface area contributed by atoms with Crippen LogP contribution in [0.15, 0.2) is 0 Å². The summed E-state index contributed by atoms with van der Waals surface area (Å²) in [6, 6.07) is 0.205. The highest BCUT2D eigenvalue weighted by atomic mass is 16.2. The number of nitrogens with zero attached hydrogens (tertiary/aromatic N) is 2.